The molecule has 0 saturated carbocycles. The van der Waals surface area contributed by atoms with Gasteiger partial charge in [-0.1, -0.05) is 12.1 Å². The van der Waals surface area contributed by atoms with Crippen LogP contribution in [0.2, 0.25) is 0 Å². The van der Waals surface area contributed by atoms with E-state index in [1.54, 1.807) is 12.1 Å². The van der Waals surface area contributed by atoms with Gasteiger partial charge in [-0.15, -0.1) is 0 Å². The van der Waals surface area contributed by atoms with E-state index < -0.39 is 31.3 Å². The van der Waals surface area contributed by atoms with Crippen molar-refractivity contribution in [2.75, 3.05) is 33.0 Å². The summed E-state index contributed by atoms with van der Waals surface area (Å²) in [7, 11) is 0. The summed E-state index contributed by atoms with van der Waals surface area (Å²) in [5, 5.41) is 42.6. The van der Waals surface area contributed by atoms with Crippen LogP contribution >= 0.6 is 0 Å². The molecule has 1 rings (SSSR count). The number of benzene rings is 1. The monoisotopic (exact) mass is 320 g/mol. The fourth-order valence-electron chi connectivity index (χ4n) is 1.01. The Morgan fingerprint density at radius 3 is 1.95 bits per heavy atom. The van der Waals surface area contributed by atoms with E-state index >= 15 is 0 Å². The average molecular weight is 320 g/mol. The predicted molar refractivity (Wildman–Crippen MR) is 78.7 cm³/mol. The number of rotatable bonds is 6. The number of hydrogen-bond donors (Lipinski definition) is 7. The SMILES string of the molecule is N.NC(CO)(CO)CO.O=C(OCCO)c1ccccc1O. The molecule has 0 saturated heterocycles. The lowest BCUT2D eigenvalue weighted by atomic mass is 10.1. The average Bonchev–Trinajstić information content (AvgIpc) is 2.53. The molecule has 0 amide bonds. The van der Waals surface area contributed by atoms with Crippen LogP contribution in [0.3, 0.4) is 0 Å². The normalized spacial score (nSPS) is 10.0. The highest BCUT2D eigenvalue weighted by Crippen LogP contribution is 2.16. The molecule has 0 bridgehead atoms. The summed E-state index contributed by atoms with van der Waals surface area (Å²) in [4.78, 5) is 11.1. The van der Waals surface area contributed by atoms with Crippen LogP contribution in [-0.4, -0.2) is 70.1 Å². The zero-order valence-corrected chi connectivity index (χ0v) is 12.2. The number of hydrogen-bond acceptors (Lipinski definition) is 9. The van der Waals surface area contributed by atoms with E-state index in [2.05, 4.69) is 4.74 Å². The molecule has 0 aromatic heterocycles. The van der Waals surface area contributed by atoms with Crippen LogP contribution in [0, 0.1) is 0 Å². The lowest BCUT2D eigenvalue weighted by Crippen LogP contribution is -2.50. The number of carbonyl (C=O) groups excluding carboxylic acids is 1. The second-order valence-electron chi connectivity index (χ2n) is 4.21. The summed E-state index contributed by atoms with van der Waals surface area (Å²) in [6.07, 6.45) is 0. The van der Waals surface area contributed by atoms with Gasteiger partial charge in [0.05, 0.1) is 32.0 Å². The van der Waals surface area contributed by atoms with Gasteiger partial charge in [0.15, 0.2) is 0 Å². The first-order chi connectivity index (χ1) is 9.94. The van der Waals surface area contributed by atoms with Crippen molar-refractivity contribution in [1.29, 1.82) is 0 Å². The van der Waals surface area contributed by atoms with Crippen LogP contribution in [0.25, 0.3) is 0 Å². The van der Waals surface area contributed by atoms with E-state index in [0.717, 1.165) is 0 Å². The summed E-state index contributed by atoms with van der Waals surface area (Å²) < 4.78 is 4.61. The van der Waals surface area contributed by atoms with E-state index in [-0.39, 0.29) is 30.7 Å². The standard InChI is InChI=1S/C9H10O4.C4H11NO3.H3N/c10-5-6-13-9(12)7-3-1-2-4-8(7)11;5-4(1-6,2-7)3-8;/h1-4,10-11H,5-6H2;6-8H,1-3,5H2;1H3. The number of ether oxygens (including phenoxy) is 1. The van der Waals surface area contributed by atoms with Gasteiger partial charge in [0, 0.05) is 0 Å². The highest BCUT2D eigenvalue weighted by atomic mass is 16.5. The number of esters is 1. The van der Waals surface area contributed by atoms with Gasteiger partial charge < -0.3 is 42.2 Å². The molecule has 0 aliphatic heterocycles. The molecule has 0 fully saturated rings. The van der Waals surface area contributed by atoms with Gasteiger partial charge in [-0.3, -0.25) is 0 Å². The summed E-state index contributed by atoms with van der Waals surface area (Å²) in [6.45, 7) is -1.49. The minimum absolute atomic E-state index is 0. The zero-order chi connectivity index (χ0) is 16.3. The fourth-order valence-corrected chi connectivity index (χ4v) is 1.01. The van der Waals surface area contributed by atoms with Crippen molar-refractivity contribution >= 4 is 5.97 Å². The van der Waals surface area contributed by atoms with Gasteiger partial charge in [0.25, 0.3) is 0 Å². The van der Waals surface area contributed by atoms with Crippen molar-refractivity contribution in [3.05, 3.63) is 29.8 Å². The van der Waals surface area contributed by atoms with Crippen molar-refractivity contribution in [3.8, 4) is 5.75 Å². The molecule has 1 aromatic rings. The molecule has 0 radical (unpaired) electrons. The molecule has 1 aromatic carbocycles. The van der Waals surface area contributed by atoms with Crippen LogP contribution in [0.1, 0.15) is 10.4 Å². The van der Waals surface area contributed by atoms with E-state index in [0.29, 0.717) is 0 Å². The number of aliphatic hydroxyl groups is 4. The third-order valence-electron chi connectivity index (χ3n) is 2.39. The van der Waals surface area contributed by atoms with E-state index in [1.165, 1.54) is 12.1 Å². The molecule has 0 heterocycles. The van der Waals surface area contributed by atoms with Crippen molar-refractivity contribution in [3.63, 3.8) is 0 Å². The molecule has 0 atom stereocenters. The molecule has 9 nitrogen and oxygen atoms in total. The fraction of sp³-hybridized carbons (Fsp3) is 0.462. The van der Waals surface area contributed by atoms with Gasteiger partial charge >= 0.3 is 5.97 Å². The number of phenolic OH excluding ortho intramolecular Hbond substituents is 1. The Hall–Kier alpha value is -1.75. The summed E-state index contributed by atoms with van der Waals surface area (Å²) in [5.74, 6) is -0.752. The number of para-hydroxylation sites is 1. The lowest BCUT2D eigenvalue weighted by molar-refractivity contribution is 0.0430. The highest BCUT2D eigenvalue weighted by Gasteiger charge is 2.20. The summed E-state index contributed by atoms with van der Waals surface area (Å²) in [5.41, 5.74) is 4.04. The first-order valence-corrected chi connectivity index (χ1v) is 6.11. The Bertz CT molecular complexity index is 416. The van der Waals surface area contributed by atoms with Gasteiger partial charge in [-0.25, -0.2) is 4.79 Å². The Labute approximate surface area is 128 Å². The second kappa shape index (κ2) is 11.9. The van der Waals surface area contributed by atoms with Crippen LogP contribution in [0.4, 0.5) is 0 Å². The third-order valence-corrected chi connectivity index (χ3v) is 2.39. The second-order valence-corrected chi connectivity index (χ2v) is 4.21. The van der Waals surface area contributed by atoms with Crippen LogP contribution in [0.5, 0.6) is 5.75 Å². The maximum absolute atomic E-state index is 11.1. The minimum Gasteiger partial charge on any atom is -0.507 e. The first kappa shape index (κ1) is 22.5. The predicted octanol–water partition coefficient (Wildman–Crippen LogP) is -1.64. The summed E-state index contributed by atoms with van der Waals surface area (Å²) >= 11 is 0. The van der Waals surface area contributed by atoms with E-state index in [1.807, 2.05) is 0 Å². The van der Waals surface area contributed by atoms with Crippen molar-refractivity contribution < 1.29 is 35.1 Å². The Morgan fingerprint density at radius 2 is 1.59 bits per heavy atom. The van der Waals surface area contributed by atoms with Gasteiger partial charge in [0.2, 0.25) is 0 Å². The smallest absolute Gasteiger partial charge is 0.341 e. The molecule has 0 aliphatic rings. The highest BCUT2D eigenvalue weighted by molar-refractivity contribution is 5.92. The lowest BCUT2D eigenvalue weighted by Gasteiger charge is -2.20. The molecule has 10 N–H and O–H groups in total. The molecule has 9 heteroatoms. The Morgan fingerprint density at radius 1 is 1.09 bits per heavy atom. The van der Waals surface area contributed by atoms with E-state index in [4.69, 9.17) is 26.2 Å². The molecule has 128 valence electrons. The Kier molecular flexibility index (Phi) is 12.1. The topological polar surface area (TPSA) is 188 Å². The van der Waals surface area contributed by atoms with Crippen LogP contribution in [0.15, 0.2) is 24.3 Å². The molecule has 0 aliphatic carbocycles. The Balaban J connectivity index is 0. The molecule has 22 heavy (non-hydrogen) atoms. The largest absolute Gasteiger partial charge is 0.507 e. The molecular weight excluding hydrogens is 296 g/mol. The number of aliphatic hydroxyl groups excluding tert-OH is 4. The van der Waals surface area contributed by atoms with Gasteiger partial charge in [-0.2, -0.15) is 0 Å². The number of carbonyl (C=O) groups is 1. The molecular formula is C13H24N2O7. The van der Waals surface area contributed by atoms with Crippen LogP contribution < -0.4 is 11.9 Å². The van der Waals surface area contributed by atoms with Crippen molar-refractivity contribution in [1.82, 2.24) is 6.15 Å². The van der Waals surface area contributed by atoms with Crippen LogP contribution in [-0.2, 0) is 4.74 Å². The zero-order valence-electron chi connectivity index (χ0n) is 12.2. The quantitative estimate of drug-likeness (QED) is 0.301. The third kappa shape index (κ3) is 7.88. The number of aromatic hydroxyl groups is 1. The van der Waals surface area contributed by atoms with Crippen molar-refractivity contribution in [2.45, 2.75) is 5.54 Å². The van der Waals surface area contributed by atoms with Gasteiger partial charge in [-0.05, 0) is 12.1 Å². The minimum atomic E-state index is -1.21. The van der Waals surface area contributed by atoms with Crippen molar-refractivity contribution in [2.24, 2.45) is 5.73 Å². The summed E-state index contributed by atoms with van der Waals surface area (Å²) in [6, 6.07) is 6.08. The molecule has 0 unspecified atom stereocenters. The first-order valence-electron chi connectivity index (χ1n) is 6.11. The number of phenols is 1. The maximum Gasteiger partial charge on any atom is 0.341 e. The molecule has 0 spiro atoms. The number of nitrogens with two attached hydrogens (primary N) is 1. The van der Waals surface area contributed by atoms with Gasteiger partial charge in [0.1, 0.15) is 17.9 Å². The maximum atomic E-state index is 11.1. The van der Waals surface area contributed by atoms with E-state index in [9.17, 15) is 9.90 Å².